The van der Waals surface area contributed by atoms with Crippen molar-refractivity contribution < 1.29 is 0 Å². The average molecular weight is 225 g/mol. The Kier molecular flexibility index (Phi) is 4.75. The number of rotatable bonds is 5. The molecule has 0 aliphatic rings. The first-order chi connectivity index (χ1) is 7.20. The first-order valence-corrected chi connectivity index (χ1v) is 6.52. The molecular formula is C11H19N3S. The lowest BCUT2D eigenvalue weighted by Crippen LogP contribution is -2.34. The van der Waals surface area contributed by atoms with Crippen LogP contribution in [0.25, 0.3) is 0 Å². The third kappa shape index (κ3) is 3.02. The van der Waals surface area contributed by atoms with Crippen LogP contribution < -0.4 is 10.6 Å². The molecule has 0 radical (unpaired) electrons. The van der Waals surface area contributed by atoms with Gasteiger partial charge in [-0.25, -0.2) is 4.98 Å². The second-order valence-corrected chi connectivity index (χ2v) is 4.46. The zero-order valence-electron chi connectivity index (χ0n) is 9.60. The summed E-state index contributed by atoms with van der Waals surface area (Å²) in [7, 11) is 2.06. The molecule has 0 aliphatic heterocycles. The van der Waals surface area contributed by atoms with Gasteiger partial charge in [0.15, 0.2) is 5.82 Å². The monoisotopic (exact) mass is 225 g/mol. The Morgan fingerprint density at radius 3 is 2.87 bits per heavy atom. The molecule has 1 unspecified atom stereocenters. The van der Waals surface area contributed by atoms with E-state index >= 15 is 0 Å². The number of nitrogens with two attached hydrogens (primary N) is 1. The third-order valence-electron chi connectivity index (χ3n) is 2.53. The highest BCUT2D eigenvalue weighted by molar-refractivity contribution is 7.98. The van der Waals surface area contributed by atoms with Crippen LogP contribution in [0.15, 0.2) is 18.3 Å². The van der Waals surface area contributed by atoms with Crippen LogP contribution in [-0.2, 0) is 0 Å². The van der Waals surface area contributed by atoms with Crippen LogP contribution in [0, 0.1) is 0 Å². The molecule has 2 N–H and O–H groups in total. The van der Waals surface area contributed by atoms with Crippen molar-refractivity contribution >= 4 is 23.3 Å². The largest absolute Gasteiger partial charge is 0.396 e. The molecule has 0 aromatic carbocycles. The van der Waals surface area contributed by atoms with Gasteiger partial charge in [-0.1, -0.05) is 6.92 Å². The van der Waals surface area contributed by atoms with Crippen molar-refractivity contribution in [2.24, 2.45) is 0 Å². The number of pyridine rings is 1. The molecule has 1 atom stereocenters. The summed E-state index contributed by atoms with van der Waals surface area (Å²) in [4.78, 5) is 6.49. The molecule has 0 saturated carbocycles. The van der Waals surface area contributed by atoms with Gasteiger partial charge < -0.3 is 10.6 Å². The van der Waals surface area contributed by atoms with Gasteiger partial charge in [0, 0.05) is 25.0 Å². The molecule has 1 heterocycles. The summed E-state index contributed by atoms with van der Waals surface area (Å²) in [5.74, 6) is 1.99. The Morgan fingerprint density at radius 1 is 1.60 bits per heavy atom. The van der Waals surface area contributed by atoms with Crippen molar-refractivity contribution in [1.82, 2.24) is 4.98 Å². The van der Waals surface area contributed by atoms with Gasteiger partial charge in [-0.05, 0) is 24.8 Å². The first-order valence-electron chi connectivity index (χ1n) is 5.13. The van der Waals surface area contributed by atoms with Gasteiger partial charge in [0.1, 0.15) is 0 Å². The van der Waals surface area contributed by atoms with Gasteiger partial charge in [-0.3, -0.25) is 0 Å². The number of nitrogen functional groups attached to an aromatic ring is 1. The Balaban J connectivity index is 2.82. The lowest BCUT2D eigenvalue weighted by atomic mass is 10.2. The van der Waals surface area contributed by atoms with Crippen LogP contribution in [0.4, 0.5) is 11.5 Å². The van der Waals surface area contributed by atoms with Gasteiger partial charge in [0.05, 0.1) is 5.69 Å². The minimum atomic E-state index is 0.497. The standard InChI is InChI=1S/C11H19N3S/c1-4-9(8-15-3)14(2)11-10(12)6-5-7-13-11/h5-7,9H,4,8,12H2,1-3H3. The van der Waals surface area contributed by atoms with E-state index in [1.165, 1.54) is 0 Å². The Hall–Kier alpha value is -0.900. The minimum absolute atomic E-state index is 0.497. The van der Waals surface area contributed by atoms with E-state index < -0.39 is 0 Å². The molecule has 0 bridgehead atoms. The summed E-state index contributed by atoms with van der Waals surface area (Å²) in [6.45, 7) is 2.19. The predicted octanol–water partition coefficient (Wildman–Crippen LogP) is 2.24. The normalized spacial score (nSPS) is 12.5. The van der Waals surface area contributed by atoms with Gasteiger partial charge in [-0.2, -0.15) is 11.8 Å². The highest BCUT2D eigenvalue weighted by Crippen LogP contribution is 2.22. The first kappa shape index (κ1) is 12.2. The van der Waals surface area contributed by atoms with Gasteiger partial charge in [0.25, 0.3) is 0 Å². The van der Waals surface area contributed by atoms with Crippen LogP contribution in [0.3, 0.4) is 0 Å². The maximum Gasteiger partial charge on any atom is 0.151 e. The number of thioether (sulfide) groups is 1. The molecule has 4 heteroatoms. The summed E-state index contributed by atoms with van der Waals surface area (Å²) in [6, 6.07) is 4.25. The van der Waals surface area contributed by atoms with Gasteiger partial charge in [-0.15, -0.1) is 0 Å². The zero-order chi connectivity index (χ0) is 11.3. The van der Waals surface area contributed by atoms with Crippen molar-refractivity contribution in [3.8, 4) is 0 Å². The van der Waals surface area contributed by atoms with E-state index in [4.69, 9.17) is 5.73 Å². The van der Waals surface area contributed by atoms with Gasteiger partial charge in [0.2, 0.25) is 0 Å². The fourth-order valence-electron chi connectivity index (χ4n) is 1.57. The molecule has 0 saturated heterocycles. The maximum atomic E-state index is 5.90. The summed E-state index contributed by atoms with van der Waals surface area (Å²) in [6.07, 6.45) is 5.01. The SMILES string of the molecule is CCC(CSC)N(C)c1ncccc1N. The molecule has 1 aromatic rings. The number of nitrogens with zero attached hydrogens (tertiary/aromatic N) is 2. The number of aromatic nitrogens is 1. The smallest absolute Gasteiger partial charge is 0.151 e. The van der Waals surface area contributed by atoms with Crippen LogP contribution in [-0.4, -0.2) is 30.1 Å². The quantitative estimate of drug-likeness (QED) is 0.834. The van der Waals surface area contributed by atoms with Crippen LogP contribution in [0.5, 0.6) is 0 Å². The van der Waals surface area contributed by atoms with E-state index in [0.717, 1.165) is 23.7 Å². The fourth-order valence-corrected chi connectivity index (χ4v) is 2.42. The average Bonchev–Trinajstić information content (AvgIpc) is 2.25. The van der Waals surface area contributed by atoms with Crippen LogP contribution in [0.2, 0.25) is 0 Å². The molecule has 0 fully saturated rings. The molecule has 0 amide bonds. The molecule has 84 valence electrons. The highest BCUT2D eigenvalue weighted by atomic mass is 32.2. The topological polar surface area (TPSA) is 42.2 Å². The molecular weight excluding hydrogens is 206 g/mol. The molecule has 0 spiro atoms. The number of hydrogen-bond acceptors (Lipinski definition) is 4. The second-order valence-electron chi connectivity index (χ2n) is 3.54. The van der Waals surface area contributed by atoms with E-state index in [2.05, 4.69) is 30.1 Å². The lowest BCUT2D eigenvalue weighted by molar-refractivity contribution is 0.667. The van der Waals surface area contributed by atoms with Crippen molar-refractivity contribution in [3.63, 3.8) is 0 Å². The van der Waals surface area contributed by atoms with E-state index in [1.807, 2.05) is 23.9 Å². The highest BCUT2D eigenvalue weighted by Gasteiger charge is 2.15. The molecule has 15 heavy (non-hydrogen) atoms. The van der Waals surface area contributed by atoms with E-state index in [1.54, 1.807) is 6.20 Å². The molecule has 1 rings (SSSR count). The third-order valence-corrected chi connectivity index (χ3v) is 3.25. The van der Waals surface area contributed by atoms with Crippen LogP contribution >= 0.6 is 11.8 Å². The van der Waals surface area contributed by atoms with E-state index in [9.17, 15) is 0 Å². The maximum absolute atomic E-state index is 5.90. The van der Waals surface area contributed by atoms with Crippen molar-refractivity contribution in [2.45, 2.75) is 19.4 Å². The Bertz CT molecular complexity index is 304. The summed E-state index contributed by atoms with van der Waals surface area (Å²) < 4.78 is 0. The predicted molar refractivity (Wildman–Crippen MR) is 69.5 cm³/mol. The molecule has 0 aliphatic carbocycles. The van der Waals surface area contributed by atoms with Crippen molar-refractivity contribution in [3.05, 3.63) is 18.3 Å². The Labute approximate surface area is 96.1 Å². The number of hydrogen-bond donors (Lipinski definition) is 1. The van der Waals surface area contributed by atoms with E-state index in [0.29, 0.717) is 6.04 Å². The summed E-state index contributed by atoms with van der Waals surface area (Å²) >= 11 is 1.85. The zero-order valence-corrected chi connectivity index (χ0v) is 10.4. The molecule has 1 aromatic heterocycles. The van der Waals surface area contributed by atoms with E-state index in [-0.39, 0.29) is 0 Å². The summed E-state index contributed by atoms with van der Waals surface area (Å²) in [5.41, 5.74) is 6.65. The lowest BCUT2D eigenvalue weighted by Gasteiger charge is -2.28. The van der Waals surface area contributed by atoms with Crippen molar-refractivity contribution in [2.75, 3.05) is 29.7 Å². The Morgan fingerprint density at radius 2 is 2.33 bits per heavy atom. The summed E-state index contributed by atoms with van der Waals surface area (Å²) in [5, 5.41) is 0. The van der Waals surface area contributed by atoms with Crippen molar-refractivity contribution in [1.29, 1.82) is 0 Å². The molecule has 3 nitrogen and oxygen atoms in total. The minimum Gasteiger partial charge on any atom is -0.396 e. The second kappa shape index (κ2) is 5.85. The fraction of sp³-hybridized carbons (Fsp3) is 0.545. The number of anilines is 2. The van der Waals surface area contributed by atoms with Crippen LogP contribution in [0.1, 0.15) is 13.3 Å². The van der Waals surface area contributed by atoms with Gasteiger partial charge >= 0.3 is 0 Å².